The van der Waals surface area contributed by atoms with Gasteiger partial charge in [-0.15, -0.1) is 0 Å². The first kappa shape index (κ1) is 18.1. The van der Waals surface area contributed by atoms with Crippen molar-refractivity contribution in [2.45, 2.75) is 6.54 Å². The molecule has 4 nitrogen and oxygen atoms in total. The van der Waals surface area contributed by atoms with Crippen LogP contribution >= 0.6 is 58.0 Å². The molecular formula is C12H6Cl5NO3S. The summed E-state index contributed by atoms with van der Waals surface area (Å²) in [5.41, 5.74) is 0.112. The van der Waals surface area contributed by atoms with Gasteiger partial charge in [0.2, 0.25) is 0 Å². The summed E-state index contributed by atoms with van der Waals surface area (Å²) >= 11 is 29.9. The Balaban J connectivity index is 2.63. The average Bonchev–Trinajstić information content (AvgIpc) is 2.48. The van der Waals surface area contributed by atoms with E-state index in [1.807, 2.05) is 0 Å². The summed E-state index contributed by atoms with van der Waals surface area (Å²) in [6.07, 6.45) is 5.19. The van der Waals surface area contributed by atoms with E-state index in [1.54, 1.807) is 0 Å². The Morgan fingerprint density at radius 2 is 1.41 bits per heavy atom. The molecule has 0 saturated heterocycles. The Bertz CT molecular complexity index is 810. The lowest BCUT2D eigenvalue weighted by Crippen LogP contribution is -2.42. The van der Waals surface area contributed by atoms with Gasteiger partial charge in [0, 0.05) is 11.6 Å². The fraction of sp³-hybridized carbons (Fsp3) is 0.0833. The number of hydrogen-bond acceptors (Lipinski definition) is 3. The zero-order chi connectivity index (χ0) is 16.7. The summed E-state index contributed by atoms with van der Waals surface area (Å²) < 4.78 is 21.2. The van der Waals surface area contributed by atoms with E-state index in [-0.39, 0.29) is 30.7 Å². The van der Waals surface area contributed by atoms with Gasteiger partial charge in [0.1, 0.15) is 12.7 Å². The quantitative estimate of drug-likeness (QED) is 0.225. The fourth-order valence-electron chi connectivity index (χ4n) is 1.86. The van der Waals surface area contributed by atoms with Crippen LogP contribution in [0, 0.1) is 5.21 Å². The standard InChI is InChI=1S/C12H6Cl5NO3S/c13-8-6(9(14)11(16)12(17)10(8)15)5-18(19)4-2-1-3-7(18)22(20)21/h1-4H,5H2. The Hall–Kier alpha value is -0.240. The second-order valence-corrected chi connectivity index (χ2v) is 7.05. The number of quaternary nitrogens is 1. The molecule has 0 bridgehead atoms. The molecule has 22 heavy (non-hydrogen) atoms. The molecule has 0 amide bonds. The summed E-state index contributed by atoms with van der Waals surface area (Å²) in [5.74, 6) is 0. The minimum atomic E-state index is -2.71. The maximum atomic E-state index is 12.8. The summed E-state index contributed by atoms with van der Waals surface area (Å²) in [5, 5.41) is 12.6. The molecule has 0 radical (unpaired) electrons. The molecule has 118 valence electrons. The minimum Gasteiger partial charge on any atom is -0.621 e. The van der Waals surface area contributed by atoms with Gasteiger partial charge in [-0.25, -0.2) is 0 Å². The number of nitrogens with zero attached hydrogens (tertiary/aromatic N) is 1. The molecule has 1 unspecified atom stereocenters. The van der Waals surface area contributed by atoms with Crippen molar-refractivity contribution >= 4 is 73.3 Å². The summed E-state index contributed by atoms with van der Waals surface area (Å²) in [6, 6.07) is 0. The number of hydroxylamine groups is 3. The normalized spacial score (nSPS) is 20.5. The molecule has 0 N–H and O–H groups in total. The van der Waals surface area contributed by atoms with Gasteiger partial charge in [0.15, 0.2) is 0 Å². The Kier molecular flexibility index (Phi) is 5.52. The third kappa shape index (κ3) is 3.18. The van der Waals surface area contributed by atoms with Crippen LogP contribution in [0.25, 0.3) is 0 Å². The van der Waals surface area contributed by atoms with Gasteiger partial charge < -0.3 is 5.21 Å². The van der Waals surface area contributed by atoms with Crippen LogP contribution in [0.3, 0.4) is 0 Å². The second kappa shape index (κ2) is 6.71. The fourth-order valence-corrected chi connectivity index (χ4v) is 3.73. The van der Waals surface area contributed by atoms with Crippen LogP contribution in [0.15, 0.2) is 24.4 Å². The molecule has 0 saturated carbocycles. The zero-order valence-corrected chi connectivity index (χ0v) is 15.1. The maximum Gasteiger partial charge on any atom is 0.277 e. The first-order valence-electron chi connectivity index (χ1n) is 5.61. The van der Waals surface area contributed by atoms with Crippen LogP contribution in [-0.2, 0) is 16.8 Å². The smallest absolute Gasteiger partial charge is 0.277 e. The molecule has 0 aromatic heterocycles. The summed E-state index contributed by atoms with van der Waals surface area (Å²) in [6.45, 7) is -0.404. The first-order valence-corrected chi connectivity index (χ1v) is 8.57. The molecule has 10 heteroatoms. The predicted molar refractivity (Wildman–Crippen MR) is 91.0 cm³/mol. The van der Waals surface area contributed by atoms with Crippen molar-refractivity contribution in [2.24, 2.45) is 0 Å². The number of halogens is 5. The number of allylic oxidation sites excluding steroid dienone is 2. The Morgan fingerprint density at radius 1 is 0.909 bits per heavy atom. The van der Waals surface area contributed by atoms with Crippen LogP contribution in [0.2, 0.25) is 25.1 Å². The van der Waals surface area contributed by atoms with Crippen molar-refractivity contribution in [1.82, 2.24) is 0 Å². The van der Waals surface area contributed by atoms with Crippen LogP contribution in [-0.4, -0.2) is 18.1 Å². The van der Waals surface area contributed by atoms with Crippen molar-refractivity contribution in [2.75, 3.05) is 0 Å². The van der Waals surface area contributed by atoms with Crippen molar-refractivity contribution in [3.05, 3.63) is 60.3 Å². The monoisotopic (exact) mass is 419 g/mol. The lowest BCUT2D eigenvalue weighted by molar-refractivity contribution is -0.744. The SMILES string of the molecule is O=S(=O)=C1C=CC=C[N+]1([O-])Cc1c(Cl)c(Cl)c(Cl)c(Cl)c1Cl. The largest absolute Gasteiger partial charge is 0.621 e. The third-order valence-electron chi connectivity index (χ3n) is 2.91. The van der Waals surface area contributed by atoms with Crippen LogP contribution in [0.1, 0.15) is 5.56 Å². The van der Waals surface area contributed by atoms with Crippen LogP contribution in [0.5, 0.6) is 0 Å². The van der Waals surface area contributed by atoms with E-state index in [9.17, 15) is 13.6 Å². The zero-order valence-electron chi connectivity index (χ0n) is 10.5. The molecule has 2 rings (SSSR count). The first-order chi connectivity index (χ1) is 10.2. The van der Waals surface area contributed by atoms with Gasteiger partial charge in [-0.1, -0.05) is 58.0 Å². The Labute approximate surface area is 152 Å². The highest BCUT2D eigenvalue weighted by Crippen LogP contribution is 2.45. The summed E-state index contributed by atoms with van der Waals surface area (Å²) in [7, 11) is -2.71. The molecule has 1 heterocycles. The molecule has 1 aliphatic rings. The number of hydrogen-bond donors (Lipinski definition) is 0. The van der Waals surface area contributed by atoms with Crippen molar-refractivity contribution < 1.29 is 13.1 Å². The van der Waals surface area contributed by atoms with E-state index in [0.29, 0.717) is 0 Å². The van der Waals surface area contributed by atoms with Crippen LogP contribution < -0.4 is 0 Å². The van der Waals surface area contributed by atoms with Crippen molar-refractivity contribution in [1.29, 1.82) is 0 Å². The molecule has 0 aliphatic carbocycles. The van der Waals surface area contributed by atoms with Crippen LogP contribution in [0.4, 0.5) is 0 Å². The highest BCUT2D eigenvalue weighted by Gasteiger charge is 2.29. The molecule has 1 aliphatic heterocycles. The van der Waals surface area contributed by atoms with E-state index in [2.05, 4.69) is 0 Å². The predicted octanol–water partition coefficient (Wildman–Crippen LogP) is 4.86. The molecule has 0 fully saturated rings. The van der Waals surface area contributed by atoms with E-state index in [4.69, 9.17) is 58.0 Å². The second-order valence-electron chi connectivity index (χ2n) is 4.28. The van der Waals surface area contributed by atoms with Crippen molar-refractivity contribution in [3.8, 4) is 0 Å². The van der Waals surface area contributed by atoms with Gasteiger partial charge in [-0.05, 0) is 12.2 Å². The van der Waals surface area contributed by atoms with E-state index in [0.717, 1.165) is 6.20 Å². The highest BCUT2D eigenvalue weighted by atomic mass is 35.5. The minimum absolute atomic E-state index is 0.0368. The molecule has 0 spiro atoms. The Morgan fingerprint density at radius 3 is 1.91 bits per heavy atom. The number of rotatable bonds is 2. The summed E-state index contributed by atoms with van der Waals surface area (Å²) in [4.78, 5) is -0.392. The van der Waals surface area contributed by atoms with Gasteiger partial charge in [0.05, 0.1) is 25.1 Å². The molecule has 1 aromatic rings. The number of benzene rings is 1. The highest BCUT2D eigenvalue weighted by molar-refractivity contribution is 7.72. The van der Waals surface area contributed by atoms with Gasteiger partial charge >= 0.3 is 0 Å². The van der Waals surface area contributed by atoms with Gasteiger partial charge in [-0.3, -0.25) is 4.65 Å². The average molecular weight is 422 g/mol. The molecular weight excluding hydrogens is 415 g/mol. The topological polar surface area (TPSA) is 57.2 Å². The molecule has 1 atom stereocenters. The van der Waals surface area contributed by atoms with E-state index >= 15 is 0 Å². The van der Waals surface area contributed by atoms with Gasteiger partial charge in [0.25, 0.3) is 15.3 Å². The molecule has 1 aromatic carbocycles. The van der Waals surface area contributed by atoms with Crippen molar-refractivity contribution in [3.63, 3.8) is 0 Å². The lowest BCUT2D eigenvalue weighted by atomic mass is 10.2. The maximum absolute atomic E-state index is 12.8. The van der Waals surface area contributed by atoms with Gasteiger partial charge in [-0.2, -0.15) is 8.42 Å². The van der Waals surface area contributed by atoms with E-state index < -0.39 is 26.5 Å². The third-order valence-corrected chi connectivity index (χ3v) is 6.06. The van der Waals surface area contributed by atoms with E-state index in [1.165, 1.54) is 18.2 Å². The lowest BCUT2D eigenvalue weighted by Gasteiger charge is -2.38.